The zero-order chi connectivity index (χ0) is 13.7. The minimum absolute atomic E-state index is 0.0938. The summed E-state index contributed by atoms with van der Waals surface area (Å²) >= 11 is 2.97. The van der Waals surface area contributed by atoms with Gasteiger partial charge < -0.3 is 4.90 Å². The molecule has 1 aromatic rings. The molecular formula is C15H17BrN2O. The molecular weight excluding hydrogens is 304 g/mol. The second-order valence-electron chi connectivity index (χ2n) is 4.79. The first kappa shape index (κ1) is 14.1. The van der Waals surface area contributed by atoms with Crippen molar-refractivity contribution in [2.75, 3.05) is 19.6 Å². The number of nitrogens with zero attached hydrogens (tertiary/aromatic N) is 2. The zero-order valence-corrected chi connectivity index (χ0v) is 12.6. The van der Waals surface area contributed by atoms with E-state index in [-0.39, 0.29) is 11.9 Å². The summed E-state index contributed by atoms with van der Waals surface area (Å²) in [5.74, 6) is 2.45. The standard InChI is InChI=1S/C15H17BrN2O/c1-13-11-17(12-14-5-3-2-4-6-14)9-10-18(13)15(19)7-8-16/h2-6,13H,9-12H2,1H3. The molecule has 1 amide bonds. The van der Waals surface area contributed by atoms with Gasteiger partial charge in [-0.25, -0.2) is 0 Å². The Morgan fingerprint density at radius 3 is 2.74 bits per heavy atom. The summed E-state index contributed by atoms with van der Waals surface area (Å²) in [6.45, 7) is 5.55. The molecule has 0 aromatic heterocycles. The van der Waals surface area contributed by atoms with Crippen molar-refractivity contribution in [3.05, 3.63) is 35.9 Å². The summed E-state index contributed by atoms with van der Waals surface area (Å²) in [5.41, 5.74) is 1.31. The van der Waals surface area contributed by atoms with Crippen LogP contribution in [0.1, 0.15) is 12.5 Å². The van der Waals surface area contributed by atoms with Crippen molar-refractivity contribution < 1.29 is 4.79 Å². The lowest BCUT2D eigenvalue weighted by Crippen LogP contribution is -2.53. The fraction of sp³-hybridized carbons (Fsp3) is 0.400. The average Bonchev–Trinajstić information content (AvgIpc) is 2.40. The largest absolute Gasteiger partial charge is 0.327 e. The van der Waals surface area contributed by atoms with E-state index in [1.165, 1.54) is 5.56 Å². The summed E-state index contributed by atoms with van der Waals surface area (Å²) in [6.07, 6.45) is 0. The Hall–Kier alpha value is -1.31. The van der Waals surface area contributed by atoms with Crippen molar-refractivity contribution in [3.8, 4) is 10.8 Å². The van der Waals surface area contributed by atoms with E-state index in [9.17, 15) is 4.79 Å². The fourth-order valence-corrected chi connectivity index (χ4v) is 2.60. The zero-order valence-electron chi connectivity index (χ0n) is 11.0. The number of carbonyl (C=O) groups excluding carboxylic acids is 1. The molecule has 0 saturated carbocycles. The molecule has 0 N–H and O–H groups in total. The van der Waals surface area contributed by atoms with Crippen LogP contribution in [0, 0.1) is 10.8 Å². The number of halogens is 1. The van der Waals surface area contributed by atoms with Gasteiger partial charge >= 0.3 is 0 Å². The van der Waals surface area contributed by atoms with Gasteiger partial charge in [-0.2, -0.15) is 0 Å². The van der Waals surface area contributed by atoms with E-state index < -0.39 is 0 Å². The molecule has 1 fully saturated rings. The van der Waals surface area contributed by atoms with Gasteiger partial charge in [-0.1, -0.05) is 30.3 Å². The molecule has 19 heavy (non-hydrogen) atoms. The minimum Gasteiger partial charge on any atom is -0.327 e. The molecule has 1 saturated heterocycles. The van der Waals surface area contributed by atoms with Crippen molar-refractivity contribution in [2.24, 2.45) is 0 Å². The topological polar surface area (TPSA) is 23.6 Å². The van der Waals surface area contributed by atoms with Crippen molar-refractivity contribution in [2.45, 2.75) is 19.5 Å². The van der Waals surface area contributed by atoms with Crippen LogP contribution >= 0.6 is 15.9 Å². The lowest BCUT2D eigenvalue weighted by atomic mass is 10.1. The normalized spacial score (nSPS) is 19.7. The summed E-state index contributed by atoms with van der Waals surface area (Å²) in [4.78, 5) is 18.5. The monoisotopic (exact) mass is 320 g/mol. The predicted molar refractivity (Wildman–Crippen MR) is 79.6 cm³/mol. The highest BCUT2D eigenvalue weighted by atomic mass is 79.9. The van der Waals surface area contributed by atoms with Crippen LogP contribution < -0.4 is 0 Å². The summed E-state index contributed by atoms with van der Waals surface area (Å²) in [7, 11) is 0. The molecule has 1 atom stereocenters. The lowest BCUT2D eigenvalue weighted by molar-refractivity contribution is -0.129. The number of rotatable bonds is 2. The Kier molecular flexibility index (Phi) is 5.00. The maximum Gasteiger partial charge on any atom is 0.299 e. The van der Waals surface area contributed by atoms with Crippen molar-refractivity contribution in [1.82, 2.24) is 9.80 Å². The van der Waals surface area contributed by atoms with Crippen LogP contribution in [0.15, 0.2) is 30.3 Å². The smallest absolute Gasteiger partial charge is 0.299 e. The highest BCUT2D eigenvalue weighted by Gasteiger charge is 2.26. The third-order valence-corrected chi connectivity index (χ3v) is 3.57. The van der Waals surface area contributed by atoms with E-state index in [4.69, 9.17) is 0 Å². The van der Waals surface area contributed by atoms with Gasteiger partial charge in [-0.3, -0.25) is 9.69 Å². The molecule has 0 aliphatic carbocycles. The molecule has 3 nitrogen and oxygen atoms in total. The van der Waals surface area contributed by atoms with Crippen LogP contribution in [0.5, 0.6) is 0 Å². The molecule has 0 radical (unpaired) electrons. The van der Waals surface area contributed by atoms with Gasteiger partial charge in [0.1, 0.15) is 0 Å². The second kappa shape index (κ2) is 6.74. The molecule has 1 aromatic carbocycles. The third-order valence-electron chi connectivity index (χ3n) is 3.38. The third kappa shape index (κ3) is 3.82. The second-order valence-corrected chi connectivity index (χ2v) is 5.18. The summed E-state index contributed by atoms with van der Waals surface area (Å²) in [5, 5.41) is 0. The first-order chi connectivity index (χ1) is 9.20. The Balaban J connectivity index is 1.92. The van der Waals surface area contributed by atoms with Crippen LogP contribution in [0.3, 0.4) is 0 Å². The highest BCUT2D eigenvalue weighted by molar-refractivity contribution is 9.12. The van der Waals surface area contributed by atoms with E-state index in [2.05, 4.69) is 62.8 Å². The molecule has 1 unspecified atom stereocenters. The minimum atomic E-state index is -0.0938. The van der Waals surface area contributed by atoms with Gasteiger partial charge in [0, 0.05) is 54.1 Å². The molecule has 100 valence electrons. The first-order valence-electron chi connectivity index (χ1n) is 6.39. The van der Waals surface area contributed by atoms with E-state index in [0.29, 0.717) is 0 Å². The Labute approximate surface area is 122 Å². The number of amides is 1. The Morgan fingerprint density at radius 1 is 1.37 bits per heavy atom. The van der Waals surface area contributed by atoms with Crippen LogP contribution in [0.4, 0.5) is 0 Å². The number of hydrogen-bond donors (Lipinski definition) is 0. The maximum atomic E-state index is 11.8. The number of carbonyl (C=O) groups is 1. The van der Waals surface area contributed by atoms with Gasteiger partial charge in [-0.05, 0) is 17.3 Å². The van der Waals surface area contributed by atoms with Gasteiger partial charge in [-0.15, -0.1) is 0 Å². The average molecular weight is 321 g/mol. The van der Waals surface area contributed by atoms with E-state index in [0.717, 1.165) is 26.2 Å². The number of benzene rings is 1. The van der Waals surface area contributed by atoms with E-state index >= 15 is 0 Å². The van der Waals surface area contributed by atoms with E-state index in [1.807, 2.05) is 11.0 Å². The molecule has 4 heteroatoms. The van der Waals surface area contributed by atoms with Crippen molar-refractivity contribution in [1.29, 1.82) is 0 Å². The predicted octanol–water partition coefficient (Wildman–Crippen LogP) is 2.08. The van der Waals surface area contributed by atoms with Gasteiger partial charge in [0.25, 0.3) is 5.91 Å². The van der Waals surface area contributed by atoms with Crippen molar-refractivity contribution >= 4 is 21.8 Å². The SMILES string of the molecule is CC1CN(Cc2ccccc2)CCN1C(=O)C#CBr. The first-order valence-corrected chi connectivity index (χ1v) is 7.18. The van der Waals surface area contributed by atoms with Crippen molar-refractivity contribution in [3.63, 3.8) is 0 Å². The van der Waals surface area contributed by atoms with Crippen LogP contribution in [0.25, 0.3) is 0 Å². The molecule has 1 heterocycles. The van der Waals surface area contributed by atoms with Crippen LogP contribution in [0.2, 0.25) is 0 Å². The van der Waals surface area contributed by atoms with Gasteiger partial charge in [0.15, 0.2) is 0 Å². The Morgan fingerprint density at radius 2 is 2.11 bits per heavy atom. The molecule has 0 spiro atoms. The maximum absolute atomic E-state index is 11.8. The molecule has 0 bridgehead atoms. The lowest BCUT2D eigenvalue weighted by Gasteiger charge is -2.39. The fourth-order valence-electron chi connectivity index (χ4n) is 2.43. The van der Waals surface area contributed by atoms with Gasteiger partial charge in [0.05, 0.1) is 0 Å². The molecule has 1 aliphatic heterocycles. The van der Waals surface area contributed by atoms with E-state index in [1.54, 1.807) is 0 Å². The molecule has 1 aliphatic rings. The highest BCUT2D eigenvalue weighted by Crippen LogP contribution is 2.13. The summed E-state index contributed by atoms with van der Waals surface area (Å²) in [6, 6.07) is 10.6. The van der Waals surface area contributed by atoms with Crippen LogP contribution in [-0.4, -0.2) is 41.4 Å². The number of piperazine rings is 1. The molecule has 2 rings (SSSR count). The van der Waals surface area contributed by atoms with Gasteiger partial charge in [0.2, 0.25) is 0 Å². The number of hydrogen-bond acceptors (Lipinski definition) is 2. The summed E-state index contributed by atoms with van der Waals surface area (Å²) < 4.78 is 0. The Bertz CT molecular complexity index is 492. The quantitative estimate of drug-likeness (QED) is 0.779. The van der Waals surface area contributed by atoms with Crippen LogP contribution in [-0.2, 0) is 11.3 Å².